The predicted molar refractivity (Wildman–Crippen MR) is 76.8 cm³/mol. The molecule has 0 saturated carbocycles. The van der Waals surface area contributed by atoms with Crippen LogP contribution < -0.4 is 11.1 Å². The molecule has 21 heavy (non-hydrogen) atoms. The van der Waals surface area contributed by atoms with Crippen LogP contribution >= 0.6 is 11.3 Å². The summed E-state index contributed by atoms with van der Waals surface area (Å²) >= 11 is 1.67. The molecule has 1 aliphatic rings. The van der Waals surface area contributed by atoms with E-state index in [2.05, 4.69) is 5.32 Å². The molecule has 114 valence electrons. The third-order valence-corrected chi connectivity index (χ3v) is 4.39. The molecule has 1 unspecified atom stereocenters. The molecule has 1 aromatic rings. The van der Waals surface area contributed by atoms with Crippen LogP contribution in [0.25, 0.3) is 0 Å². The minimum atomic E-state index is -1.17. The van der Waals surface area contributed by atoms with Crippen molar-refractivity contribution in [1.29, 1.82) is 0 Å². The van der Waals surface area contributed by atoms with Crippen molar-refractivity contribution >= 4 is 29.2 Å². The Balaban J connectivity index is 1.93. The molecule has 0 aliphatic carbocycles. The first-order chi connectivity index (χ1) is 9.97. The van der Waals surface area contributed by atoms with Gasteiger partial charge in [0.2, 0.25) is 5.91 Å². The number of aliphatic carboxylic acids is 1. The molecular formula is C13H17N3O4S. The highest BCUT2D eigenvalue weighted by atomic mass is 32.1. The van der Waals surface area contributed by atoms with E-state index in [1.54, 1.807) is 16.2 Å². The van der Waals surface area contributed by atoms with E-state index in [-0.39, 0.29) is 12.8 Å². The van der Waals surface area contributed by atoms with E-state index in [4.69, 9.17) is 10.8 Å². The molecule has 4 N–H and O–H groups in total. The fraction of sp³-hybridized carbons (Fsp3) is 0.462. The first kappa shape index (κ1) is 15.3. The Morgan fingerprint density at radius 2 is 2.24 bits per heavy atom. The van der Waals surface area contributed by atoms with E-state index in [9.17, 15) is 14.4 Å². The van der Waals surface area contributed by atoms with Crippen LogP contribution in [0.4, 0.5) is 4.79 Å². The third kappa shape index (κ3) is 3.94. The lowest BCUT2D eigenvalue weighted by molar-refractivity contribution is -0.139. The second kappa shape index (κ2) is 6.57. The Kier molecular flexibility index (Phi) is 4.79. The van der Waals surface area contributed by atoms with Crippen LogP contribution in [0.5, 0.6) is 0 Å². The number of fused-ring (bicyclic) bond motifs is 1. The average molecular weight is 311 g/mol. The van der Waals surface area contributed by atoms with Gasteiger partial charge in [-0.05, 0) is 29.9 Å². The molecule has 3 amide bonds. The maximum Gasteiger partial charge on any atom is 0.326 e. The summed E-state index contributed by atoms with van der Waals surface area (Å²) in [4.78, 5) is 36.8. The van der Waals surface area contributed by atoms with Crippen molar-refractivity contribution in [3.05, 3.63) is 21.9 Å². The van der Waals surface area contributed by atoms with Crippen molar-refractivity contribution in [1.82, 2.24) is 10.2 Å². The fourth-order valence-corrected chi connectivity index (χ4v) is 3.10. The first-order valence-corrected chi connectivity index (χ1v) is 7.47. The van der Waals surface area contributed by atoms with Gasteiger partial charge in [-0.25, -0.2) is 9.59 Å². The van der Waals surface area contributed by atoms with Crippen molar-refractivity contribution in [3.63, 3.8) is 0 Å². The molecule has 0 aromatic carbocycles. The zero-order valence-corrected chi connectivity index (χ0v) is 12.2. The number of nitrogens with one attached hydrogen (secondary N) is 1. The summed E-state index contributed by atoms with van der Waals surface area (Å²) in [7, 11) is 0. The Morgan fingerprint density at radius 1 is 1.48 bits per heavy atom. The number of hydrogen-bond donors (Lipinski definition) is 3. The molecule has 1 atom stereocenters. The molecule has 0 fully saturated rings. The minimum Gasteiger partial charge on any atom is -0.480 e. The molecule has 0 bridgehead atoms. The monoisotopic (exact) mass is 311 g/mol. The molecule has 1 aliphatic heterocycles. The van der Waals surface area contributed by atoms with Gasteiger partial charge in [0, 0.05) is 24.4 Å². The smallest absolute Gasteiger partial charge is 0.326 e. The lowest BCUT2D eigenvalue weighted by Crippen LogP contribution is -2.49. The average Bonchev–Trinajstić information content (AvgIpc) is 2.89. The quantitative estimate of drug-likeness (QED) is 0.736. The van der Waals surface area contributed by atoms with E-state index in [0.29, 0.717) is 13.1 Å². The van der Waals surface area contributed by atoms with E-state index >= 15 is 0 Å². The number of nitrogens with zero attached hydrogens (tertiary/aromatic N) is 1. The summed E-state index contributed by atoms with van der Waals surface area (Å²) in [6.45, 7) is 1.04. The van der Waals surface area contributed by atoms with E-state index in [1.807, 2.05) is 11.4 Å². The summed E-state index contributed by atoms with van der Waals surface area (Å²) in [5.74, 6) is -1.76. The second-order valence-electron chi connectivity index (χ2n) is 4.89. The van der Waals surface area contributed by atoms with Crippen LogP contribution in [0.1, 0.15) is 23.3 Å². The number of nitrogens with two attached hydrogens (primary N) is 1. The van der Waals surface area contributed by atoms with Gasteiger partial charge in [0.15, 0.2) is 0 Å². The second-order valence-corrected chi connectivity index (χ2v) is 5.89. The summed E-state index contributed by atoms with van der Waals surface area (Å²) < 4.78 is 0. The van der Waals surface area contributed by atoms with Crippen LogP contribution in [0.15, 0.2) is 11.4 Å². The number of carbonyl (C=O) groups is 3. The zero-order valence-electron chi connectivity index (χ0n) is 11.4. The molecule has 7 nitrogen and oxygen atoms in total. The highest BCUT2D eigenvalue weighted by Crippen LogP contribution is 2.23. The number of rotatable bonds is 5. The van der Waals surface area contributed by atoms with Gasteiger partial charge in [-0.3, -0.25) is 4.79 Å². The van der Waals surface area contributed by atoms with Gasteiger partial charge in [-0.1, -0.05) is 0 Å². The van der Waals surface area contributed by atoms with Crippen LogP contribution in [0, 0.1) is 0 Å². The van der Waals surface area contributed by atoms with E-state index < -0.39 is 23.9 Å². The van der Waals surface area contributed by atoms with Gasteiger partial charge in [-0.2, -0.15) is 0 Å². The SMILES string of the molecule is NC(=O)CCC(NC(=O)N1CCc2sccc2C1)C(=O)O. The topological polar surface area (TPSA) is 113 Å². The summed E-state index contributed by atoms with van der Waals surface area (Å²) in [5, 5.41) is 13.5. The van der Waals surface area contributed by atoms with Crippen LogP contribution in [-0.4, -0.2) is 40.5 Å². The highest BCUT2D eigenvalue weighted by Gasteiger charge is 2.26. The van der Waals surface area contributed by atoms with Gasteiger partial charge >= 0.3 is 12.0 Å². The van der Waals surface area contributed by atoms with Crippen molar-refractivity contribution in [2.45, 2.75) is 31.8 Å². The number of carboxylic acid groups (broad SMARTS) is 1. The lowest BCUT2D eigenvalue weighted by atomic mass is 10.1. The number of hydrogen-bond acceptors (Lipinski definition) is 4. The van der Waals surface area contributed by atoms with Crippen LogP contribution in [0.2, 0.25) is 0 Å². The van der Waals surface area contributed by atoms with Crippen molar-refractivity contribution in [3.8, 4) is 0 Å². The Hall–Kier alpha value is -2.09. The molecule has 2 rings (SSSR count). The molecule has 2 heterocycles. The lowest BCUT2D eigenvalue weighted by Gasteiger charge is -2.28. The predicted octanol–water partition coefficient (Wildman–Crippen LogP) is 0.534. The standard InChI is InChI=1S/C13H17N3O4S/c14-11(17)2-1-9(12(18)19)15-13(20)16-5-3-10-8(7-16)4-6-21-10/h4,6,9H,1-3,5,7H2,(H2,14,17)(H,15,20)(H,18,19). The van der Waals surface area contributed by atoms with Gasteiger partial charge in [0.1, 0.15) is 6.04 Å². The number of thiophene rings is 1. The van der Waals surface area contributed by atoms with Gasteiger partial charge in [0.05, 0.1) is 0 Å². The first-order valence-electron chi connectivity index (χ1n) is 6.59. The maximum atomic E-state index is 12.1. The number of carboxylic acids is 1. The normalized spacial score (nSPS) is 15.1. The number of urea groups is 1. The third-order valence-electron chi connectivity index (χ3n) is 3.37. The van der Waals surface area contributed by atoms with E-state index in [0.717, 1.165) is 12.0 Å². The van der Waals surface area contributed by atoms with Gasteiger partial charge in [0.25, 0.3) is 0 Å². The van der Waals surface area contributed by atoms with Gasteiger partial charge < -0.3 is 21.1 Å². The Bertz CT molecular complexity index is 557. The maximum absolute atomic E-state index is 12.1. The van der Waals surface area contributed by atoms with Crippen LogP contribution in [0.3, 0.4) is 0 Å². The minimum absolute atomic E-state index is 0.00600. The van der Waals surface area contributed by atoms with Crippen molar-refractivity contribution in [2.24, 2.45) is 5.73 Å². The Labute approximate surface area is 125 Å². The Morgan fingerprint density at radius 3 is 2.90 bits per heavy atom. The summed E-state index contributed by atoms with van der Waals surface area (Å²) in [6, 6.07) is 0.443. The molecule has 1 aromatic heterocycles. The van der Waals surface area contributed by atoms with Crippen molar-refractivity contribution < 1.29 is 19.5 Å². The molecule has 8 heteroatoms. The highest BCUT2D eigenvalue weighted by molar-refractivity contribution is 7.10. The molecule has 0 spiro atoms. The van der Waals surface area contributed by atoms with E-state index in [1.165, 1.54) is 4.88 Å². The summed E-state index contributed by atoms with van der Waals surface area (Å²) in [5.41, 5.74) is 6.10. The molecule has 0 saturated heterocycles. The number of amides is 3. The summed E-state index contributed by atoms with van der Waals surface area (Å²) in [6.07, 6.45) is 0.694. The molecule has 0 radical (unpaired) electrons. The fourth-order valence-electron chi connectivity index (χ4n) is 2.21. The number of carbonyl (C=O) groups excluding carboxylic acids is 2. The van der Waals surface area contributed by atoms with Crippen molar-refractivity contribution in [2.75, 3.05) is 6.54 Å². The van der Waals surface area contributed by atoms with Crippen LogP contribution in [-0.2, 0) is 22.6 Å². The molecular weight excluding hydrogens is 294 g/mol. The zero-order chi connectivity index (χ0) is 15.4. The number of primary amides is 1. The van der Waals surface area contributed by atoms with Gasteiger partial charge in [-0.15, -0.1) is 11.3 Å². The largest absolute Gasteiger partial charge is 0.480 e.